The molecule has 0 aromatic carbocycles. The van der Waals surface area contributed by atoms with Crippen LogP contribution in [-0.2, 0) is 4.79 Å². The minimum Gasteiger partial charge on any atom is -0.342 e. The first-order chi connectivity index (χ1) is 10.4. The van der Waals surface area contributed by atoms with Gasteiger partial charge < -0.3 is 10.6 Å². The van der Waals surface area contributed by atoms with Crippen molar-refractivity contribution in [3.8, 4) is 0 Å². The molecule has 0 aromatic rings. The van der Waals surface area contributed by atoms with Gasteiger partial charge in [-0.2, -0.15) is 13.2 Å². The Morgan fingerprint density at radius 2 is 1.55 bits per heavy atom. The molecule has 2 bridgehead atoms. The molecular weight excluding hydrogens is 293 g/mol. The van der Waals surface area contributed by atoms with Crippen LogP contribution in [-0.4, -0.2) is 36.1 Å². The Hall–Kier alpha value is -0.780. The zero-order valence-corrected chi connectivity index (χ0v) is 12.8. The first kappa shape index (κ1) is 16.1. The van der Waals surface area contributed by atoms with Crippen LogP contribution in [0.3, 0.4) is 0 Å². The number of fused-ring (bicyclic) bond motifs is 2. The molecule has 2 saturated carbocycles. The van der Waals surface area contributed by atoms with Gasteiger partial charge in [-0.1, -0.05) is 6.42 Å². The Balaban J connectivity index is 1.57. The molecule has 1 heterocycles. The minimum atomic E-state index is -4.12. The predicted molar refractivity (Wildman–Crippen MR) is 76.9 cm³/mol. The second-order valence-corrected chi connectivity index (χ2v) is 7.34. The van der Waals surface area contributed by atoms with Crippen LogP contribution in [0.15, 0.2) is 0 Å². The molecule has 0 aromatic heterocycles. The van der Waals surface area contributed by atoms with Gasteiger partial charge in [0.25, 0.3) is 0 Å². The number of halogens is 3. The highest BCUT2D eigenvalue weighted by molar-refractivity contribution is 5.79. The van der Waals surface area contributed by atoms with Crippen LogP contribution in [0, 0.1) is 23.7 Å². The number of alkyl halides is 3. The molecule has 1 saturated heterocycles. The number of nitrogens with two attached hydrogens (primary N) is 1. The summed E-state index contributed by atoms with van der Waals surface area (Å²) in [5.74, 6) is -0.332. The fraction of sp³-hybridized carbons (Fsp3) is 0.938. The average molecular weight is 318 g/mol. The largest absolute Gasteiger partial charge is 0.391 e. The smallest absolute Gasteiger partial charge is 0.342 e. The van der Waals surface area contributed by atoms with E-state index in [0.29, 0.717) is 11.8 Å². The molecule has 6 heteroatoms. The van der Waals surface area contributed by atoms with Crippen molar-refractivity contribution in [1.82, 2.24) is 4.90 Å². The molecule has 0 radical (unpaired) electrons. The van der Waals surface area contributed by atoms with Gasteiger partial charge in [-0.05, 0) is 50.4 Å². The van der Waals surface area contributed by atoms with Gasteiger partial charge >= 0.3 is 6.18 Å². The quantitative estimate of drug-likeness (QED) is 0.808. The van der Waals surface area contributed by atoms with Gasteiger partial charge in [0.05, 0.1) is 5.92 Å². The maximum atomic E-state index is 12.7. The van der Waals surface area contributed by atoms with Crippen LogP contribution in [0.5, 0.6) is 0 Å². The van der Waals surface area contributed by atoms with E-state index in [1.807, 2.05) is 0 Å². The van der Waals surface area contributed by atoms with Crippen LogP contribution >= 0.6 is 0 Å². The SMILES string of the molecule is NC1C2CCCC1CC(C(=O)N1CCC(C(F)(F)F)CC1)C2. The molecule has 3 aliphatic rings. The van der Waals surface area contributed by atoms with E-state index in [1.54, 1.807) is 4.90 Å². The van der Waals surface area contributed by atoms with Crippen LogP contribution in [0.25, 0.3) is 0 Å². The number of carbonyl (C=O) groups excluding carboxylic acids is 1. The minimum absolute atomic E-state index is 0.0162. The number of rotatable bonds is 1. The van der Waals surface area contributed by atoms with Crippen LogP contribution < -0.4 is 5.73 Å². The van der Waals surface area contributed by atoms with Gasteiger partial charge in [0.15, 0.2) is 0 Å². The molecule has 2 unspecified atom stereocenters. The first-order valence-electron chi connectivity index (χ1n) is 8.47. The molecule has 2 atom stereocenters. The third-order valence-corrected chi connectivity index (χ3v) is 6.03. The summed E-state index contributed by atoms with van der Waals surface area (Å²) < 4.78 is 38.1. The lowest BCUT2D eigenvalue weighted by atomic mass is 9.65. The number of hydrogen-bond acceptors (Lipinski definition) is 2. The molecule has 1 amide bonds. The van der Waals surface area contributed by atoms with Crippen molar-refractivity contribution in [3.05, 3.63) is 0 Å². The van der Waals surface area contributed by atoms with Crippen LogP contribution in [0.2, 0.25) is 0 Å². The molecule has 126 valence electrons. The summed E-state index contributed by atoms with van der Waals surface area (Å²) in [5.41, 5.74) is 6.24. The van der Waals surface area contributed by atoms with Crippen molar-refractivity contribution < 1.29 is 18.0 Å². The third-order valence-electron chi connectivity index (χ3n) is 6.03. The number of piperidine rings is 1. The van der Waals surface area contributed by atoms with E-state index in [2.05, 4.69) is 0 Å². The van der Waals surface area contributed by atoms with Gasteiger partial charge in [0.2, 0.25) is 5.91 Å². The van der Waals surface area contributed by atoms with Crippen molar-refractivity contribution in [2.75, 3.05) is 13.1 Å². The summed E-state index contributed by atoms with van der Waals surface area (Å²) in [6.07, 6.45) is 1.02. The maximum Gasteiger partial charge on any atom is 0.391 e. The van der Waals surface area contributed by atoms with E-state index < -0.39 is 12.1 Å². The van der Waals surface area contributed by atoms with Gasteiger partial charge in [-0.15, -0.1) is 0 Å². The molecule has 0 spiro atoms. The van der Waals surface area contributed by atoms with Gasteiger partial charge in [0.1, 0.15) is 0 Å². The fourth-order valence-electron chi connectivity index (χ4n) is 4.68. The Labute approximate surface area is 129 Å². The number of likely N-dealkylation sites (tertiary alicyclic amines) is 1. The summed E-state index contributed by atoms with van der Waals surface area (Å²) >= 11 is 0. The zero-order valence-electron chi connectivity index (χ0n) is 12.8. The molecule has 3 nitrogen and oxygen atoms in total. The highest BCUT2D eigenvalue weighted by Gasteiger charge is 2.44. The Kier molecular flexibility index (Phi) is 4.40. The molecule has 22 heavy (non-hydrogen) atoms. The van der Waals surface area contributed by atoms with E-state index in [9.17, 15) is 18.0 Å². The second kappa shape index (κ2) is 6.02. The molecule has 3 rings (SSSR count). The molecular formula is C16H25F3N2O. The molecule has 1 aliphatic heterocycles. The van der Waals surface area contributed by atoms with E-state index >= 15 is 0 Å². The molecule has 2 aliphatic carbocycles. The van der Waals surface area contributed by atoms with Gasteiger partial charge in [0, 0.05) is 25.0 Å². The molecule has 2 N–H and O–H groups in total. The Morgan fingerprint density at radius 1 is 1.00 bits per heavy atom. The summed E-state index contributed by atoms with van der Waals surface area (Å²) in [6.45, 7) is 0.502. The lowest BCUT2D eigenvalue weighted by Crippen LogP contribution is -2.51. The van der Waals surface area contributed by atoms with Crippen molar-refractivity contribution in [2.45, 2.75) is 57.2 Å². The highest BCUT2D eigenvalue weighted by atomic mass is 19.4. The number of hydrogen-bond donors (Lipinski definition) is 1. The van der Waals surface area contributed by atoms with E-state index in [1.165, 1.54) is 6.42 Å². The monoisotopic (exact) mass is 318 g/mol. The van der Waals surface area contributed by atoms with Crippen molar-refractivity contribution in [2.24, 2.45) is 29.4 Å². The predicted octanol–water partition coefficient (Wildman–Crippen LogP) is 2.94. The number of amides is 1. The topological polar surface area (TPSA) is 46.3 Å². The summed E-state index contributed by atoms with van der Waals surface area (Å²) in [4.78, 5) is 14.3. The number of nitrogens with zero attached hydrogens (tertiary/aromatic N) is 1. The lowest BCUT2D eigenvalue weighted by Gasteiger charge is -2.45. The normalized spacial score (nSPS) is 37.2. The van der Waals surface area contributed by atoms with Crippen LogP contribution in [0.4, 0.5) is 13.2 Å². The fourth-order valence-corrected chi connectivity index (χ4v) is 4.68. The van der Waals surface area contributed by atoms with E-state index in [-0.39, 0.29) is 43.8 Å². The van der Waals surface area contributed by atoms with Gasteiger partial charge in [-0.3, -0.25) is 4.79 Å². The summed E-state index contributed by atoms with van der Waals surface area (Å²) in [5, 5.41) is 0. The van der Waals surface area contributed by atoms with Crippen LogP contribution in [0.1, 0.15) is 44.9 Å². The Morgan fingerprint density at radius 3 is 2.05 bits per heavy atom. The second-order valence-electron chi connectivity index (χ2n) is 7.34. The lowest BCUT2D eigenvalue weighted by molar-refractivity contribution is -0.187. The number of carbonyl (C=O) groups is 1. The van der Waals surface area contributed by atoms with E-state index in [4.69, 9.17) is 5.73 Å². The Bertz CT molecular complexity index is 404. The zero-order chi connectivity index (χ0) is 15.9. The van der Waals surface area contributed by atoms with Crippen molar-refractivity contribution >= 4 is 5.91 Å². The maximum absolute atomic E-state index is 12.7. The third kappa shape index (κ3) is 3.12. The van der Waals surface area contributed by atoms with Crippen molar-refractivity contribution in [1.29, 1.82) is 0 Å². The van der Waals surface area contributed by atoms with Gasteiger partial charge in [-0.25, -0.2) is 0 Å². The first-order valence-corrected chi connectivity index (χ1v) is 8.47. The van der Waals surface area contributed by atoms with E-state index in [0.717, 1.165) is 25.7 Å². The summed E-state index contributed by atoms with van der Waals surface area (Å²) in [6, 6.07) is 0.216. The highest BCUT2D eigenvalue weighted by Crippen LogP contribution is 2.43. The van der Waals surface area contributed by atoms with Crippen molar-refractivity contribution in [3.63, 3.8) is 0 Å². The molecule has 3 fully saturated rings. The average Bonchev–Trinajstić information content (AvgIpc) is 2.45. The standard InChI is InChI=1S/C16H25F3N2O/c17-16(18,19)13-4-6-21(7-5-13)15(22)12-8-10-2-1-3-11(9-12)14(10)20/h10-14H,1-9,20H2. The summed E-state index contributed by atoms with van der Waals surface area (Å²) in [7, 11) is 0.